The third kappa shape index (κ3) is 16.8. The van der Waals surface area contributed by atoms with Crippen LogP contribution in [-0.2, 0) is 24.0 Å². The van der Waals surface area contributed by atoms with Gasteiger partial charge in [-0.15, -0.1) is 0 Å². The number of carbonyl (C=O) groups is 5. The van der Waals surface area contributed by atoms with Gasteiger partial charge in [0.15, 0.2) is 5.78 Å². The Hall–Kier alpha value is -2.39. The number of unbranched alkanes of at least 4 members (excludes halogenated alkanes) is 14. The van der Waals surface area contributed by atoms with Crippen molar-refractivity contribution in [2.75, 3.05) is 26.3 Å². The molecule has 69 heavy (non-hydrogen) atoms. The van der Waals surface area contributed by atoms with Gasteiger partial charge in [0.2, 0.25) is 11.8 Å². The van der Waals surface area contributed by atoms with E-state index in [4.69, 9.17) is 0 Å². The second kappa shape index (κ2) is 30.0. The van der Waals surface area contributed by atoms with Gasteiger partial charge in [0.05, 0.1) is 13.1 Å². The number of rotatable bonds is 34. The average molecular weight is 963 g/mol. The van der Waals surface area contributed by atoms with Crippen LogP contribution in [0.4, 0.5) is 0 Å². The van der Waals surface area contributed by atoms with Gasteiger partial charge in [-0.3, -0.25) is 19.2 Å². The highest BCUT2D eigenvalue weighted by Crippen LogP contribution is 2.68. The molecule has 0 aromatic heterocycles. The molecule has 0 heterocycles. The number of fused-ring (bicyclic) bond motifs is 5. The minimum absolute atomic E-state index is 0.0102. The highest BCUT2D eigenvalue weighted by atomic mass is 16.3. The predicted molar refractivity (Wildman–Crippen MR) is 279 cm³/mol. The van der Waals surface area contributed by atoms with Crippen LogP contribution < -0.4 is 5.32 Å². The van der Waals surface area contributed by atoms with E-state index in [-0.39, 0.29) is 72.9 Å². The molecule has 3 N–H and O–H groups in total. The van der Waals surface area contributed by atoms with Crippen LogP contribution in [0.15, 0.2) is 12.2 Å². The van der Waals surface area contributed by atoms with E-state index in [2.05, 4.69) is 45.2 Å². The average Bonchev–Trinajstić information content (AvgIpc) is 3.94. The lowest BCUT2D eigenvalue weighted by Crippen LogP contribution is -2.55. The van der Waals surface area contributed by atoms with Crippen molar-refractivity contribution in [2.24, 2.45) is 64.1 Å². The lowest BCUT2D eigenvalue weighted by molar-refractivity contribution is -0.137. The summed E-state index contributed by atoms with van der Waals surface area (Å²) in [7, 11) is 0. The molecule has 5 aliphatic carbocycles. The van der Waals surface area contributed by atoms with Gasteiger partial charge in [-0.1, -0.05) is 104 Å². The zero-order valence-corrected chi connectivity index (χ0v) is 44.6. The van der Waals surface area contributed by atoms with Gasteiger partial charge < -0.3 is 25.2 Å². The highest BCUT2D eigenvalue weighted by molar-refractivity contribution is 5.87. The molecule has 0 bridgehead atoms. The standard InChI is InChI=1S/C60H102N2O7/c1-5-6-7-8-9-10-11-12-13-14-15-16-17-18-23-26-57(68)61-49-33-35-59(3)48(41-49)28-29-51-54-31-30-53(60(54,4)36-34-55(51)59)45(2)27-32-58(69)62(37-38-63)42-50(66)24-21-19-20-22-25-56(67)52-40-46(43-64)39-47(52)44-65/h12-13,38,45-49,51-55,64-65H,5-11,14-37,39-44H2,1-4H3,(H,61,68)/b13-12-/t45-,46-,47+,48?,49?,51?,52?,53-,54?,55?,59+,60-/m1/s1. The Kier molecular flexibility index (Phi) is 25.0. The third-order valence-electron chi connectivity index (χ3n) is 19.6. The normalized spacial score (nSPS) is 31.2. The number of hydrogen-bond acceptors (Lipinski definition) is 7. The van der Waals surface area contributed by atoms with Crippen molar-refractivity contribution in [1.29, 1.82) is 0 Å². The predicted octanol–water partition coefficient (Wildman–Crippen LogP) is 12.7. The summed E-state index contributed by atoms with van der Waals surface area (Å²) in [6.45, 7) is 9.80. The minimum atomic E-state index is -0.156. The van der Waals surface area contributed by atoms with Crippen molar-refractivity contribution in [3.63, 3.8) is 0 Å². The number of aliphatic hydroxyl groups is 2. The molecule has 9 heteroatoms. The first kappa shape index (κ1) is 57.5. The number of amides is 2. The van der Waals surface area contributed by atoms with Gasteiger partial charge in [-0.2, -0.15) is 0 Å². The maximum Gasteiger partial charge on any atom is 0.223 e. The number of ketones is 2. The van der Waals surface area contributed by atoms with Crippen LogP contribution >= 0.6 is 0 Å². The van der Waals surface area contributed by atoms with Gasteiger partial charge in [0.25, 0.3) is 0 Å². The molecule has 0 saturated heterocycles. The Morgan fingerprint density at radius 1 is 0.681 bits per heavy atom. The number of aliphatic hydroxyl groups excluding tert-OH is 2. The van der Waals surface area contributed by atoms with Crippen LogP contribution in [0.25, 0.3) is 0 Å². The Morgan fingerprint density at radius 3 is 2.00 bits per heavy atom. The van der Waals surface area contributed by atoms with Gasteiger partial charge in [0.1, 0.15) is 12.1 Å². The molecule has 0 aliphatic heterocycles. The SMILES string of the molecule is CCCCCCCC/C=C\CCCCCCCC(=O)NC1CC[C@@]2(C)C(CCC3C2CC[C@@]2(C)C3CC[C@@H]2[C@H](C)CCC(=O)N(CC=O)CC(=O)CCCCCCC(=O)C2C[C@H](CO)C[C@H]2CO)C1. The third-order valence-corrected chi connectivity index (χ3v) is 19.6. The topological polar surface area (TPSA) is 141 Å². The summed E-state index contributed by atoms with van der Waals surface area (Å²) in [5, 5.41) is 22.7. The molecule has 5 saturated carbocycles. The fraction of sp³-hybridized carbons (Fsp3) is 0.883. The number of nitrogens with zero attached hydrogens (tertiary/aromatic N) is 1. The van der Waals surface area contributed by atoms with E-state index in [0.29, 0.717) is 74.2 Å². The number of carbonyl (C=O) groups excluding carboxylic acids is 5. The lowest BCUT2D eigenvalue weighted by atomic mass is 9.44. The molecule has 12 atom stereocenters. The van der Waals surface area contributed by atoms with E-state index in [0.717, 1.165) is 75.4 Å². The number of hydrogen-bond donors (Lipinski definition) is 3. The highest BCUT2D eigenvalue weighted by Gasteiger charge is 2.60. The molecule has 2 amide bonds. The quantitative estimate of drug-likeness (QED) is 0.0331. The van der Waals surface area contributed by atoms with Crippen LogP contribution in [0, 0.1) is 64.1 Å². The summed E-state index contributed by atoms with van der Waals surface area (Å²) in [6, 6.07) is 0.329. The molecule has 6 unspecified atom stereocenters. The zero-order chi connectivity index (χ0) is 49.7. The fourth-order valence-electron chi connectivity index (χ4n) is 15.5. The molecule has 9 nitrogen and oxygen atoms in total. The summed E-state index contributed by atoms with van der Waals surface area (Å²) in [5.41, 5.74) is 0.645. The van der Waals surface area contributed by atoms with Crippen molar-refractivity contribution in [1.82, 2.24) is 10.2 Å². The molecular formula is C60H102N2O7. The molecule has 394 valence electrons. The summed E-state index contributed by atoms with van der Waals surface area (Å²) in [4.78, 5) is 65.5. The Bertz CT molecular complexity index is 1600. The van der Waals surface area contributed by atoms with E-state index >= 15 is 0 Å². The second-order valence-electron chi connectivity index (χ2n) is 24.2. The van der Waals surface area contributed by atoms with E-state index in [1.165, 1.54) is 120 Å². The van der Waals surface area contributed by atoms with Gasteiger partial charge in [-0.25, -0.2) is 0 Å². The first-order valence-electron chi connectivity index (χ1n) is 29.3. The summed E-state index contributed by atoms with van der Waals surface area (Å²) < 4.78 is 0. The smallest absolute Gasteiger partial charge is 0.223 e. The molecule has 5 rings (SSSR count). The number of nitrogens with one attached hydrogen (secondary N) is 1. The molecule has 5 aliphatic rings. The van der Waals surface area contributed by atoms with Crippen molar-refractivity contribution >= 4 is 29.7 Å². The number of Topliss-reactive ketones (excluding diaryl/α,β-unsaturated/α-hetero) is 2. The van der Waals surface area contributed by atoms with Gasteiger partial charge in [-0.05, 0) is 180 Å². The van der Waals surface area contributed by atoms with Crippen LogP contribution in [0.1, 0.15) is 240 Å². The largest absolute Gasteiger partial charge is 0.396 e. The minimum Gasteiger partial charge on any atom is -0.396 e. The second-order valence-corrected chi connectivity index (χ2v) is 24.2. The van der Waals surface area contributed by atoms with Crippen molar-refractivity contribution in [3.8, 4) is 0 Å². The van der Waals surface area contributed by atoms with Gasteiger partial charge in [0, 0.05) is 50.9 Å². The Labute approximate surface area is 420 Å². The van der Waals surface area contributed by atoms with E-state index in [1.807, 2.05) is 0 Å². The van der Waals surface area contributed by atoms with E-state index in [9.17, 15) is 34.2 Å². The van der Waals surface area contributed by atoms with Crippen LogP contribution in [0.3, 0.4) is 0 Å². The molecule has 5 fully saturated rings. The molecule has 0 spiro atoms. The Balaban J connectivity index is 0.953. The summed E-state index contributed by atoms with van der Waals surface area (Å²) in [6.07, 6.45) is 40.3. The fourth-order valence-corrected chi connectivity index (χ4v) is 15.5. The van der Waals surface area contributed by atoms with Crippen LogP contribution in [0.2, 0.25) is 0 Å². The van der Waals surface area contributed by atoms with Crippen LogP contribution in [0.5, 0.6) is 0 Å². The molecular weight excluding hydrogens is 861 g/mol. The summed E-state index contributed by atoms with van der Waals surface area (Å²) in [5.74, 6) is 4.17. The maximum absolute atomic E-state index is 13.5. The van der Waals surface area contributed by atoms with E-state index < -0.39 is 0 Å². The number of aldehydes is 1. The van der Waals surface area contributed by atoms with Crippen molar-refractivity contribution in [3.05, 3.63) is 12.2 Å². The van der Waals surface area contributed by atoms with Gasteiger partial charge >= 0.3 is 0 Å². The molecule has 0 radical (unpaired) electrons. The molecule has 0 aromatic rings. The Morgan fingerprint density at radius 2 is 1.32 bits per heavy atom. The van der Waals surface area contributed by atoms with Crippen molar-refractivity contribution in [2.45, 2.75) is 246 Å². The monoisotopic (exact) mass is 963 g/mol. The first-order valence-corrected chi connectivity index (χ1v) is 29.3. The summed E-state index contributed by atoms with van der Waals surface area (Å²) >= 11 is 0. The first-order chi connectivity index (χ1) is 33.4. The van der Waals surface area contributed by atoms with Crippen molar-refractivity contribution < 1.29 is 34.2 Å². The van der Waals surface area contributed by atoms with E-state index in [1.54, 1.807) is 0 Å². The molecule has 0 aromatic carbocycles. The maximum atomic E-state index is 13.5. The van der Waals surface area contributed by atoms with Crippen LogP contribution in [-0.4, -0.2) is 77.1 Å². The lowest BCUT2D eigenvalue weighted by Gasteiger charge is -2.61. The zero-order valence-electron chi connectivity index (χ0n) is 44.6. The number of allylic oxidation sites excluding steroid dienone is 2.